The van der Waals surface area contributed by atoms with Crippen molar-refractivity contribution in [1.82, 2.24) is 4.90 Å². The Bertz CT molecular complexity index is 1120. The molecule has 1 saturated heterocycles. The minimum Gasteiger partial charge on any atom is -0.396 e. The van der Waals surface area contributed by atoms with Gasteiger partial charge in [-0.2, -0.15) is 13.2 Å². The molecule has 0 aliphatic carbocycles. The number of nitrogens with zero attached hydrogens (tertiary/aromatic N) is 2. The van der Waals surface area contributed by atoms with E-state index >= 15 is 0 Å². The minimum absolute atomic E-state index is 0.0183. The number of halogens is 3. The van der Waals surface area contributed by atoms with E-state index in [0.717, 1.165) is 53.1 Å². The molecule has 5 nitrogen and oxygen atoms in total. The van der Waals surface area contributed by atoms with Crippen molar-refractivity contribution in [3.63, 3.8) is 0 Å². The Morgan fingerprint density at radius 1 is 1.00 bits per heavy atom. The number of hydrogen-bond donors (Lipinski definition) is 1. The lowest BCUT2D eigenvalue weighted by molar-refractivity contribution is -0.137. The zero-order valence-electron chi connectivity index (χ0n) is 18.4. The summed E-state index contributed by atoms with van der Waals surface area (Å²) in [5.74, 6) is -1.15. The van der Waals surface area contributed by atoms with Crippen LogP contribution in [0.2, 0.25) is 0 Å². The van der Waals surface area contributed by atoms with Gasteiger partial charge in [-0.15, -0.1) is 0 Å². The van der Waals surface area contributed by atoms with E-state index in [1.54, 1.807) is 6.07 Å². The normalized spacial score (nSPS) is 19.6. The van der Waals surface area contributed by atoms with Crippen LogP contribution in [-0.4, -0.2) is 41.5 Å². The summed E-state index contributed by atoms with van der Waals surface area (Å²) in [4.78, 5) is 29.9. The molecule has 1 N–H and O–H groups in total. The fourth-order valence-electron chi connectivity index (χ4n) is 4.42. The first kappa shape index (κ1) is 23.0. The van der Waals surface area contributed by atoms with E-state index in [1.165, 1.54) is 0 Å². The van der Waals surface area contributed by atoms with Crippen LogP contribution in [0.15, 0.2) is 48.2 Å². The summed E-state index contributed by atoms with van der Waals surface area (Å²) in [5, 5.41) is 9.64. The number of hydrogen-bond acceptors (Lipinski definition) is 4. The van der Waals surface area contributed by atoms with Gasteiger partial charge in [0.05, 0.1) is 16.8 Å². The zero-order valence-corrected chi connectivity index (χ0v) is 18.4. The largest absolute Gasteiger partial charge is 0.416 e. The summed E-state index contributed by atoms with van der Waals surface area (Å²) in [6.07, 6.45) is -2.93. The topological polar surface area (TPSA) is 60.9 Å². The van der Waals surface area contributed by atoms with Crippen LogP contribution in [-0.2, 0) is 15.8 Å². The lowest BCUT2D eigenvalue weighted by Gasteiger charge is -2.34. The van der Waals surface area contributed by atoms with Gasteiger partial charge in [-0.1, -0.05) is 18.2 Å². The number of rotatable bonds is 4. The second-order valence-corrected chi connectivity index (χ2v) is 8.65. The third-order valence-corrected chi connectivity index (χ3v) is 6.40. The van der Waals surface area contributed by atoms with Crippen molar-refractivity contribution < 1.29 is 27.9 Å². The van der Waals surface area contributed by atoms with Gasteiger partial charge in [-0.3, -0.25) is 9.59 Å². The molecule has 0 spiro atoms. The van der Waals surface area contributed by atoms with Crippen molar-refractivity contribution in [3.8, 4) is 0 Å². The summed E-state index contributed by atoms with van der Waals surface area (Å²) < 4.78 is 39.0. The molecule has 2 heterocycles. The van der Waals surface area contributed by atoms with Gasteiger partial charge in [0.15, 0.2) is 0 Å². The maximum absolute atomic E-state index is 13.5. The number of anilines is 1. The van der Waals surface area contributed by atoms with Crippen molar-refractivity contribution in [2.45, 2.75) is 32.9 Å². The van der Waals surface area contributed by atoms with Gasteiger partial charge in [0.25, 0.3) is 11.8 Å². The molecule has 2 amide bonds. The lowest BCUT2D eigenvalue weighted by Crippen LogP contribution is -2.40. The van der Waals surface area contributed by atoms with Gasteiger partial charge >= 0.3 is 6.18 Å². The number of aryl methyl sites for hydroxylation is 2. The standard InChI is InChI=1S/C25H25F3N2O3/c1-15-5-6-18(12-16(15)2)21-22(29-11-3-4-17(13-29)14-31)24(33)30(23(21)32)20-9-7-19(8-10-20)25(26,27)28/h5-10,12,17,31H,3-4,11,13-14H2,1-2H3. The Hall–Kier alpha value is -3.13. The summed E-state index contributed by atoms with van der Waals surface area (Å²) in [6.45, 7) is 4.82. The van der Waals surface area contributed by atoms with Crippen LogP contribution < -0.4 is 4.90 Å². The lowest BCUT2D eigenvalue weighted by atomic mass is 9.96. The second-order valence-electron chi connectivity index (χ2n) is 8.65. The molecule has 0 aromatic heterocycles. The summed E-state index contributed by atoms with van der Waals surface area (Å²) in [7, 11) is 0. The average molecular weight is 458 g/mol. The highest BCUT2D eigenvalue weighted by atomic mass is 19.4. The van der Waals surface area contributed by atoms with E-state index in [-0.39, 0.29) is 29.5 Å². The zero-order chi connectivity index (χ0) is 23.9. The Kier molecular flexibility index (Phi) is 6.05. The molecule has 2 aromatic rings. The molecule has 33 heavy (non-hydrogen) atoms. The summed E-state index contributed by atoms with van der Waals surface area (Å²) in [5.41, 5.74) is 2.30. The predicted molar refractivity (Wildman–Crippen MR) is 118 cm³/mol. The molecule has 8 heteroatoms. The summed E-state index contributed by atoms with van der Waals surface area (Å²) in [6, 6.07) is 9.53. The highest BCUT2D eigenvalue weighted by Gasteiger charge is 2.43. The van der Waals surface area contributed by atoms with Crippen LogP contribution in [0.3, 0.4) is 0 Å². The Morgan fingerprint density at radius 3 is 2.30 bits per heavy atom. The number of carbonyl (C=O) groups excluding carboxylic acids is 2. The number of aliphatic hydroxyl groups is 1. The second kappa shape index (κ2) is 8.67. The molecule has 2 aliphatic heterocycles. The number of carbonyl (C=O) groups is 2. The molecule has 0 saturated carbocycles. The molecule has 0 bridgehead atoms. The molecule has 1 unspecified atom stereocenters. The smallest absolute Gasteiger partial charge is 0.396 e. The van der Waals surface area contributed by atoms with E-state index in [9.17, 15) is 27.9 Å². The molecule has 1 atom stereocenters. The molecule has 1 fully saturated rings. The number of amides is 2. The summed E-state index contributed by atoms with van der Waals surface area (Å²) >= 11 is 0. The van der Waals surface area contributed by atoms with Crippen LogP contribution in [0.25, 0.3) is 5.57 Å². The van der Waals surface area contributed by atoms with Gasteiger partial charge in [0.1, 0.15) is 5.70 Å². The van der Waals surface area contributed by atoms with Gasteiger partial charge in [-0.25, -0.2) is 4.90 Å². The molecular formula is C25H25F3N2O3. The molecule has 174 valence electrons. The fraction of sp³-hybridized carbons (Fsp3) is 0.360. The monoisotopic (exact) mass is 458 g/mol. The van der Waals surface area contributed by atoms with Gasteiger partial charge in [0, 0.05) is 19.7 Å². The first-order valence-electron chi connectivity index (χ1n) is 10.9. The van der Waals surface area contributed by atoms with Gasteiger partial charge < -0.3 is 10.0 Å². The molecule has 4 rings (SSSR count). The van der Waals surface area contributed by atoms with Crippen LogP contribution in [0.5, 0.6) is 0 Å². The molecule has 2 aromatic carbocycles. The van der Waals surface area contributed by atoms with Crippen molar-refractivity contribution in [3.05, 3.63) is 70.4 Å². The third kappa shape index (κ3) is 4.27. The minimum atomic E-state index is -4.52. The third-order valence-electron chi connectivity index (χ3n) is 6.40. The molecular weight excluding hydrogens is 433 g/mol. The van der Waals surface area contributed by atoms with Crippen LogP contribution in [0.4, 0.5) is 18.9 Å². The van der Waals surface area contributed by atoms with Crippen molar-refractivity contribution in [2.75, 3.05) is 24.6 Å². The number of imide groups is 1. The molecule has 0 radical (unpaired) electrons. The average Bonchev–Trinajstić information content (AvgIpc) is 3.05. The Labute approximate surface area is 190 Å². The Morgan fingerprint density at radius 2 is 1.70 bits per heavy atom. The van der Waals surface area contributed by atoms with E-state index in [2.05, 4.69) is 0 Å². The SMILES string of the molecule is Cc1ccc(C2=C(N3CCCC(CO)C3)C(=O)N(c3ccc(C(F)(F)F)cc3)C2=O)cc1C. The van der Waals surface area contributed by atoms with Crippen molar-refractivity contribution >= 4 is 23.1 Å². The first-order valence-corrected chi connectivity index (χ1v) is 10.9. The fourth-order valence-corrected chi connectivity index (χ4v) is 4.42. The predicted octanol–water partition coefficient (Wildman–Crippen LogP) is 4.31. The van der Waals surface area contributed by atoms with E-state index in [0.29, 0.717) is 18.7 Å². The van der Waals surface area contributed by atoms with Crippen LogP contribution in [0, 0.1) is 19.8 Å². The highest BCUT2D eigenvalue weighted by molar-refractivity contribution is 6.45. The number of likely N-dealkylation sites (tertiary alicyclic amines) is 1. The van der Waals surface area contributed by atoms with Gasteiger partial charge in [-0.05, 0) is 73.6 Å². The van der Waals surface area contributed by atoms with Crippen molar-refractivity contribution in [2.24, 2.45) is 5.92 Å². The van der Waals surface area contributed by atoms with E-state index in [4.69, 9.17) is 0 Å². The maximum atomic E-state index is 13.5. The maximum Gasteiger partial charge on any atom is 0.416 e. The van der Waals surface area contributed by atoms with Crippen LogP contribution >= 0.6 is 0 Å². The van der Waals surface area contributed by atoms with Crippen molar-refractivity contribution in [1.29, 1.82) is 0 Å². The molecule has 2 aliphatic rings. The van der Waals surface area contributed by atoms with E-state index < -0.39 is 23.6 Å². The quantitative estimate of drug-likeness (QED) is 0.694. The van der Waals surface area contributed by atoms with E-state index in [1.807, 2.05) is 30.9 Å². The number of piperidine rings is 1. The number of benzene rings is 2. The number of aliphatic hydroxyl groups excluding tert-OH is 1. The highest BCUT2D eigenvalue weighted by Crippen LogP contribution is 2.38. The van der Waals surface area contributed by atoms with Gasteiger partial charge in [0.2, 0.25) is 0 Å². The first-order chi connectivity index (χ1) is 15.6. The Balaban J connectivity index is 1.79. The van der Waals surface area contributed by atoms with Crippen LogP contribution in [0.1, 0.15) is 35.1 Å². The number of alkyl halides is 3.